The molecule has 106 valence electrons. The van der Waals surface area contributed by atoms with Crippen LogP contribution in [0.4, 0.5) is 0 Å². The first-order valence-corrected chi connectivity index (χ1v) is 7.30. The van der Waals surface area contributed by atoms with Crippen molar-refractivity contribution in [3.8, 4) is 0 Å². The van der Waals surface area contributed by atoms with Crippen LogP contribution in [0.15, 0.2) is 29.2 Å². The van der Waals surface area contributed by atoms with Crippen molar-refractivity contribution < 1.29 is 17.9 Å². The minimum atomic E-state index is -3.62. The van der Waals surface area contributed by atoms with E-state index in [0.717, 1.165) is 0 Å². The van der Waals surface area contributed by atoms with Crippen LogP contribution in [0, 0.1) is 0 Å². The standard InChI is InChI=1S/C13H19NO4S/c1-10(15)11-5-7-12(8-6-11)19(16,17)14-13(2,3)9-18-4/h5-8,14H,9H2,1-4H3. The first-order valence-electron chi connectivity index (χ1n) is 5.82. The van der Waals surface area contributed by atoms with Crippen molar-refractivity contribution in [2.75, 3.05) is 13.7 Å². The number of hydrogen-bond donors (Lipinski definition) is 1. The Hall–Kier alpha value is -1.24. The van der Waals surface area contributed by atoms with Crippen LogP contribution in [0.3, 0.4) is 0 Å². The second kappa shape index (κ2) is 5.81. The molecule has 0 saturated heterocycles. The molecule has 6 heteroatoms. The number of benzene rings is 1. The molecule has 1 rings (SSSR count). The van der Waals surface area contributed by atoms with Gasteiger partial charge in [-0.2, -0.15) is 0 Å². The van der Waals surface area contributed by atoms with E-state index in [1.165, 1.54) is 38.3 Å². The molecule has 0 bridgehead atoms. The van der Waals surface area contributed by atoms with Crippen molar-refractivity contribution in [2.45, 2.75) is 31.2 Å². The minimum Gasteiger partial charge on any atom is -0.383 e. The van der Waals surface area contributed by atoms with Gasteiger partial charge in [0.25, 0.3) is 0 Å². The van der Waals surface area contributed by atoms with Gasteiger partial charge in [0.15, 0.2) is 5.78 Å². The van der Waals surface area contributed by atoms with Crippen LogP contribution in [0.2, 0.25) is 0 Å². The lowest BCUT2D eigenvalue weighted by molar-refractivity contribution is 0.101. The average molecular weight is 285 g/mol. The van der Waals surface area contributed by atoms with Crippen LogP contribution in [0.5, 0.6) is 0 Å². The molecule has 0 saturated carbocycles. The smallest absolute Gasteiger partial charge is 0.241 e. The third-order valence-corrected chi connectivity index (χ3v) is 4.20. The Morgan fingerprint density at radius 1 is 1.26 bits per heavy atom. The molecular formula is C13H19NO4S. The molecule has 0 atom stereocenters. The van der Waals surface area contributed by atoms with Crippen LogP contribution >= 0.6 is 0 Å². The Bertz CT molecular complexity index is 547. The average Bonchev–Trinajstić information content (AvgIpc) is 2.27. The highest BCUT2D eigenvalue weighted by atomic mass is 32.2. The van der Waals surface area contributed by atoms with Gasteiger partial charge in [-0.3, -0.25) is 4.79 Å². The van der Waals surface area contributed by atoms with Gasteiger partial charge in [0.05, 0.1) is 17.0 Å². The summed E-state index contributed by atoms with van der Waals surface area (Å²) in [7, 11) is -2.11. The van der Waals surface area contributed by atoms with E-state index in [1.807, 2.05) is 0 Å². The zero-order chi connectivity index (χ0) is 14.7. The first kappa shape index (κ1) is 15.8. The van der Waals surface area contributed by atoms with E-state index < -0.39 is 15.6 Å². The lowest BCUT2D eigenvalue weighted by Gasteiger charge is -2.24. The fourth-order valence-electron chi connectivity index (χ4n) is 1.68. The largest absolute Gasteiger partial charge is 0.383 e. The van der Waals surface area contributed by atoms with Gasteiger partial charge >= 0.3 is 0 Å². The van der Waals surface area contributed by atoms with Crippen LogP contribution in [0.25, 0.3) is 0 Å². The van der Waals surface area contributed by atoms with E-state index in [4.69, 9.17) is 4.74 Å². The summed E-state index contributed by atoms with van der Waals surface area (Å²) < 4.78 is 31.8. The van der Waals surface area contributed by atoms with E-state index in [2.05, 4.69) is 4.72 Å². The number of carbonyl (C=O) groups excluding carboxylic acids is 1. The first-order chi connectivity index (χ1) is 8.68. The number of carbonyl (C=O) groups is 1. The molecule has 0 fully saturated rings. The molecule has 0 amide bonds. The molecule has 1 N–H and O–H groups in total. The number of sulfonamides is 1. The predicted molar refractivity (Wildman–Crippen MR) is 72.7 cm³/mol. The monoisotopic (exact) mass is 285 g/mol. The zero-order valence-corrected chi connectivity index (χ0v) is 12.4. The molecule has 1 aromatic rings. The Morgan fingerprint density at radius 2 is 1.79 bits per heavy atom. The van der Waals surface area contributed by atoms with Gasteiger partial charge in [0.2, 0.25) is 10.0 Å². The van der Waals surface area contributed by atoms with E-state index in [9.17, 15) is 13.2 Å². The molecule has 0 aliphatic rings. The number of Topliss-reactive ketones (excluding diaryl/α,β-unsaturated/α-hetero) is 1. The van der Waals surface area contributed by atoms with Crippen LogP contribution in [-0.2, 0) is 14.8 Å². The summed E-state index contributed by atoms with van der Waals surface area (Å²) in [5.41, 5.74) is -0.220. The van der Waals surface area contributed by atoms with E-state index >= 15 is 0 Å². The Labute approximate surface area is 114 Å². The second-order valence-corrected chi connectivity index (χ2v) is 6.69. The lowest BCUT2D eigenvalue weighted by atomic mass is 10.1. The molecule has 0 aliphatic heterocycles. The third-order valence-electron chi connectivity index (χ3n) is 2.49. The molecule has 0 aliphatic carbocycles. The molecular weight excluding hydrogens is 266 g/mol. The molecule has 19 heavy (non-hydrogen) atoms. The fourth-order valence-corrected chi connectivity index (χ4v) is 3.08. The molecule has 0 spiro atoms. The Kier molecular flexibility index (Phi) is 4.84. The molecule has 0 aromatic heterocycles. The van der Waals surface area contributed by atoms with Crippen molar-refractivity contribution >= 4 is 15.8 Å². The number of ether oxygens (including phenoxy) is 1. The van der Waals surface area contributed by atoms with Gasteiger partial charge in [-0.15, -0.1) is 0 Å². The highest BCUT2D eigenvalue weighted by Gasteiger charge is 2.26. The minimum absolute atomic E-state index is 0.100. The maximum absolute atomic E-state index is 12.2. The van der Waals surface area contributed by atoms with Crippen molar-refractivity contribution in [3.05, 3.63) is 29.8 Å². The molecule has 0 radical (unpaired) electrons. The quantitative estimate of drug-likeness (QED) is 0.806. The maximum Gasteiger partial charge on any atom is 0.241 e. The number of hydrogen-bond acceptors (Lipinski definition) is 4. The highest BCUT2D eigenvalue weighted by molar-refractivity contribution is 7.89. The van der Waals surface area contributed by atoms with E-state index in [-0.39, 0.29) is 17.3 Å². The number of ketones is 1. The van der Waals surface area contributed by atoms with Gasteiger partial charge in [-0.05, 0) is 32.9 Å². The normalized spacial score (nSPS) is 12.4. The molecule has 5 nitrogen and oxygen atoms in total. The fraction of sp³-hybridized carbons (Fsp3) is 0.462. The summed E-state index contributed by atoms with van der Waals surface area (Å²) in [4.78, 5) is 11.3. The van der Waals surface area contributed by atoms with Crippen LogP contribution in [0.1, 0.15) is 31.1 Å². The number of rotatable bonds is 6. The second-order valence-electron chi connectivity index (χ2n) is 5.00. The summed E-state index contributed by atoms with van der Waals surface area (Å²) in [6.07, 6.45) is 0. The maximum atomic E-state index is 12.2. The SMILES string of the molecule is COCC(C)(C)NS(=O)(=O)c1ccc(C(C)=O)cc1. The Morgan fingerprint density at radius 3 is 2.21 bits per heavy atom. The summed E-state index contributed by atoms with van der Waals surface area (Å²) in [5, 5.41) is 0. The van der Waals surface area contributed by atoms with Crippen molar-refractivity contribution in [3.63, 3.8) is 0 Å². The number of methoxy groups -OCH3 is 1. The van der Waals surface area contributed by atoms with Gasteiger partial charge < -0.3 is 4.74 Å². The van der Waals surface area contributed by atoms with Crippen LogP contribution < -0.4 is 4.72 Å². The number of nitrogens with one attached hydrogen (secondary N) is 1. The van der Waals surface area contributed by atoms with E-state index in [1.54, 1.807) is 13.8 Å². The van der Waals surface area contributed by atoms with E-state index in [0.29, 0.717) is 5.56 Å². The summed E-state index contributed by atoms with van der Waals surface area (Å²) in [6, 6.07) is 5.84. The lowest BCUT2D eigenvalue weighted by Crippen LogP contribution is -2.46. The third kappa shape index (κ3) is 4.41. The summed E-state index contributed by atoms with van der Waals surface area (Å²) in [5.74, 6) is -0.100. The Balaban J connectivity index is 2.98. The van der Waals surface area contributed by atoms with Gasteiger partial charge in [-0.25, -0.2) is 13.1 Å². The molecule has 0 heterocycles. The van der Waals surface area contributed by atoms with Gasteiger partial charge in [0, 0.05) is 12.7 Å². The predicted octanol–water partition coefficient (Wildman–Crippen LogP) is 1.59. The van der Waals surface area contributed by atoms with Crippen molar-refractivity contribution in [2.24, 2.45) is 0 Å². The molecule has 0 unspecified atom stereocenters. The van der Waals surface area contributed by atoms with Crippen molar-refractivity contribution in [1.29, 1.82) is 0 Å². The van der Waals surface area contributed by atoms with Gasteiger partial charge in [-0.1, -0.05) is 12.1 Å². The summed E-state index contributed by atoms with van der Waals surface area (Å²) in [6.45, 7) is 5.16. The topological polar surface area (TPSA) is 72.5 Å². The molecule has 1 aromatic carbocycles. The zero-order valence-electron chi connectivity index (χ0n) is 11.6. The highest BCUT2D eigenvalue weighted by Crippen LogP contribution is 2.14. The van der Waals surface area contributed by atoms with Crippen molar-refractivity contribution in [1.82, 2.24) is 4.72 Å². The van der Waals surface area contributed by atoms with Crippen LogP contribution in [-0.4, -0.2) is 33.5 Å². The summed E-state index contributed by atoms with van der Waals surface area (Å²) >= 11 is 0. The van der Waals surface area contributed by atoms with Gasteiger partial charge in [0.1, 0.15) is 0 Å².